The van der Waals surface area contributed by atoms with Gasteiger partial charge in [-0.1, -0.05) is 6.92 Å². The van der Waals surface area contributed by atoms with Crippen molar-refractivity contribution in [1.82, 2.24) is 4.72 Å². The van der Waals surface area contributed by atoms with Gasteiger partial charge in [-0.15, -0.1) is 0 Å². The lowest BCUT2D eigenvalue weighted by Crippen LogP contribution is -2.27. The average Bonchev–Trinajstić information content (AvgIpc) is 3.11. The minimum atomic E-state index is -3.73. The molecule has 2 N–H and O–H groups in total. The number of rotatable bonds is 6. The van der Waals surface area contributed by atoms with E-state index >= 15 is 0 Å². The summed E-state index contributed by atoms with van der Waals surface area (Å²) >= 11 is 0. The Morgan fingerprint density at radius 3 is 2.52 bits per heavy atom. The molecule has 7 nitrogen and oxygen atoms in total. The monoisotopic (exact) mass is 313 g/mol. The molecule has 1 saturated carbocycles. The summed E-state index contributed by atoms with van der Waals surface area (Å²) in [4.78, 5) is 10.4. The first kappa shape index (κ1) is 15.7. The van der Waals surface area contributed by atoms with Crippen LogP contribution in [-0.2, 0) is 10.0 Å². The van der Waals surface area contributed by atoms with Crippen LogP contribution in [0.2, 0.25) is 0 Å². The zero-order chi connectivity index (χ0) is 15.8. The molecule has 1 aromatic carbocycles. The number of hydrogen-bond donors (Lipinski definition) is 2. The summed E-state index contributed by atoms with van der Waals surface area (Å²) in [5, 5.41) is 13.7. The summed E-state index contributed by atoms with van der Waals surface area (Å²) in [6.45, 7) is 4.07. The molecule has 8 heteroatoms. The Morgan fingerprint density at radius 2 is 2.05 bits per heavy atom. The summed E-state index contributed by atoms with van der Waals surface area (Å²) < 4.78 is 27.2. The van der Waals surface area contributed by atoms with Crippen molar-refractivity contribution in [3.8, 4) is 0 Å². The van der Waals surface area contributed by atoms with Gasteiger partial charge in [0.2, 0.25) is 10.0 Å². The Labute approximate surface area is 123 Å². The number of aryl methyl sites for hydroxylation is 1. The van der Waals surface area contributed by atoms with E-state index < -0.39 is 14.9 Å². The molecule has 0 aliphatic heterocycles. The van der Waals surface area contributed by atoms with Crippen LogP contribution in [0.15, 0.2) is 17.0 Å². The molecule has 1 aliphatic carbocycles. The van der Waals surface area contributed by atoms with Crippen LogP contribution in [-0.4, -0.2) is 26.9 Å². The van der Waals surface area contributed by atoms with E-state index in [0.29, 0.717) is 29.6 Å². The second-order valence-electron chi connectivity index (χ2n) is 5.47. The van der Waals surface area contributed by atoms with Crippen LogP contribution in [0.25, 0.3) is 0 Å². The number of nitrogens with zero attached hydrogens (tertiary/aromatic N) is 1. The second-order valence-corrected chi connectivity index (χ2v) is 7.20. The summed E-state index contributed by atoms with van der Waals surface area (Å²) in [6.07, 6.45) is 1.01. The normalized spacial score (nSPS) is 21.1. The second kappa shape index (κ2) is 5.61. The van der Waals surface area contributed by atoms with Crippen LogP contribution in [0.1, 0.15) is 18.9 Å². The summed E-state index contributed by atoms with van der Waals surface area (Å²) in [5.74, 6) is 0.904. The summed E-state index contributed by atoms with van der Waals surface area (Å²) in [7, 11) is -2.17. The number of hydrogen-bond acceptors (Lipinski definition) is 5. The predicted octanol–water partition coefficient (Wildman–Crippen LogP) is 1.88. The number of sulfonamides is 1. The van der Waals surface area contributed by atoms with E-state index in [9.17, 15) is 18.5 Å². The van der Waals surface area contributed by atoms with Crippen molar-refractivity contribution in [2.45, 2.75) is 25.2 Å². The molecule has 0 aromatic heterocycles. The largest absolute Gasteiger partial charge is 0.383 e. The highest BCUT2D eigenvalue weighted by molar-refractivity contribution is 7.89. The van der Waals surface area contributed by atoms with Crippen molar-refractivity contribution in [1.29, 1.82) is 0 Å². The summed E-state index contributed by atoms with van der Waals surface area (Å²) in [6, 6.07) is 2.59. The fourth-order valence-electron chi connectivity index (χ4n) is 2.30. The third kappa shape index (κ3) is 3.33. The van der Waals surface area contributed by atoms with E-state index in [4.69, 9.17) is 0 Å². The first-order valence-electron chi connectivity index (χ1n) is 6.72. The van der Waals surface area contributed by atoms with Crippen molar-refractivity contribution in [3.63, 3.8) is 0 Å². The molecule has 0 saturated heterocycles. The quantitative estimate of drug-likeness (QED) is 0.617. The van der Waals surface area contributed by atoms with Crippen molar-refractivity contribution in [2.75, 3.05) is 18.9 Å². The van der Waals surface area contributed by atoms with E-state index in [1.165, 1.54) is 6.07 Å². The van der Waals surface area contributed by atoms with Crippen molar-refractivity contribution in [2.24, 2.45) is 11.8 Å². The van der Waals surface area contributed by atoms with Gasteiger partial charge in [-0.25, -0.2) is 13.1 Å². The highest BCUT2D eigenvalue weighted by atomic mass is 32.2. The Balaban J connectivity index is 2.33. The van der Waals surface area contributed by atoms with Crippen LogP contribution in [0.5, 0.6) is 0 Å². The van der Waals surface area contributed by atoms with E-state index in [-0.39, 0.29) is 10.6 Å². The highest BCUT2D eigenvalue weighted by Crippen LogP contribution is 2.37. The predicted molar refractivity (Wildman–Crippen MR) is 79.8 cm³/mol. The van der Waals surface area contributed by atoms with Crippen molar-refractivity contribution in [3.05, 3.63) is 27.8 Å². The van der Waals surface area contributed by atoms with Crippen molar-refractivity contribution < 1.29 is 13.3 Å². The van der Waals surface area contributed by atoms with Gasteiger partial charge in [0.25, 0.3) is 5.69 Å². The third-order valence-corrected chi connectivity index (χ3v) is 5.43. The van der Waals surface area contributed by atoms with Gasteiger partial charge in [-0.2, -0.15) is 0 Å². The maximum atomic E-state index is 12.3. The molecular weight excluding hydrogens is 294 g/mol. The molecule has 1 aliphatic rings. The molecule has 0 spiro atoms. The van der Waals surface area contributed by atoms with Gasteiger partial charge in [-0.05, 0) is 36.8 Å². The zero-order valence-corrected chi connectivity index (χ0v) is 13.0. The fourth-order valence-corrected chi connectivity index (χ4v) is 3.63. The molecule has 0 bridgehead atoms. The Kier molecular flexibility index (Phi) is 4.20. The zero-order valence-electron chi connectivity index (χ0n) is 12.2. The Hall–Kier alpha value is -1.67. The molecule has 1 fully saturated rings. The maximum absolute atomic E-state index is 12.3. The first-order chi connectivity index (χ1) is 9.76. The number of nitro benzene ring substituents is 1. The molecule has 116 valence electrons. The topological polar surface area (TPSA) is 101 Å². The fraction of sp³-hybridized carbons (Fsp3) is 0.538. The average molecular weight is 313 g/mol. The van der Waals surface area contributed by atoms with Gasteiger partial charge in [0.05, 0.1) is 9.82 Å². The first-order valence-corrected chi connectivity index (χ1v) is 8.21. The lowest BCUT2D eigenvalue weighted by Gasteiger charge is -2.11. The number of nitrogens with one attached hydrogen (secondary N) is 2. The minimum Gasteiger partial charge on any atom is -0.383 e. The van der Waals surface area contributed by atoms with E-state index in [0.717, 1.165) is 12.5 Å². The van der Waals surface area contributed by atoms with Gasteiger partial charge in [0, 0.05) is 19.7 Å². The van der Waals surface area contributed by atoms with Crippen molar-refractivity contribution >= 4 is 21.4 Å². The van der Waals surface area contributed by atoms with Crippen LogP contribution in [0, 0.1) is 28.9 Å². The SMILES string of the molecule is CNc1cc(C)c(S(=O)(=O)NCC2CC2C)cc1[N+](=O)[O-]. The van der Waals surface area contributed by atoms with Gasteiger partial charge in [0.1, 0.15) is 5.69 Å². The van der Waals surface area contributed by atoms with Crippen LogP contribution < -0.4 is 10.0 Å². The van der Waals surface area contributed by atoms with Crippen LogP contribution >= 0.6 is 0 Å². The number of benzene rings is 1. The van der Waals surface area contributed by atoms with Crippen LogP contribution in [0.3, 0.4) is 0 Å². The molecule has 21 heavy (non-hydrogen) atoms. The Bertz CT molecular complexity index is 672. The van der Waals surface area contributed by atoms with E-state index in [1.54, 1.807) is 14.0 Å². The molecule has 2 rings (SSSR count). The molecular formula is C13H19N3O4S. The molecule has 2 atom stereocenters. The third-order valence-electron chi connectivity index (χ3n) is 3.86. The minimum absolute atomic E-state index is 0.0403. The standard InChI is InChI=1S/C13H19N3O4S/c1-8-4-10(8)7-15-21(19,20)13-6-12(16(17)18)11(14-3)5-9(13)2/h5-6,8,10,14-15H,4,7H2,1-3H3. The number of nitro groups is 1. The molecule has 0 radical (unpaired) electrons. The lowest BCUT2D eigenvalue weighted by atomic mass is 10.2. The molecule has 2 unspecified atom stereocenters. The van der Waals surface area contributed by atoms with E-state index in [2.05, 4.69) is 17.0 Å². The molecule has 0 heterocycles. The van der Waals surface area contributed by atoms with Gasteiger partial charge in [-0.3, -0.25) is 10.1 Å². The molecule has 0 amide bonds. The Morgan fingerprint density at radius 1 is 1.43 bits per heavy atom. The van der Waals surface area contributed by atoms with Gasteiger partial charge >= 0.3 is 0 Å². The smallest absolute Gasteiger partial charge is 0.293 e. The van der Waals surface area contributed by atoms with Gasteiger partial charge < -0.3 is 5.32 Å². The highest BCUT2D eigenvalue weighted by Gasteiger charge is 2.34. The summed E-state index contributed by atoms with van der Waals surface area (Å²) in [5.41, 5.74) is 0.525. The number of anilines is 1. The van der Waals surface area contributed by atoms with E-state index in [1.807, 2.05) is 0 Å². The maximum Gasteiger partial charge on any atom is 0.293 e. The van der Waals surface area contributed by atoms with Crippen LogP contribution in [0.4, 0.5) is 11.4 Å². The lowest BCUT2D eigenvalue weighted by molar-refractivity contribution is -0.384. The molecule has 1 aromatic rings. The van der Waals surface area contributed by atoms with Gasteiger partial charge in [0.15, 0.2) is 0 Å².